The number of rotatable bonds is 2. The minimum absolute atomic E-state index is 0.269. The largest absolute Gasteiger partial charge is 0.439 e. The van der Waals surface area contributed by atoms with Crippen molar-refractivity contribution >= 4 is 0 Å². The summed E-state index contributed by atoms with van der Waals surface area (Å²) in [7, 11) is 0. The van der Waals surface area contributed by atoms with E-state index in [-0.39, 0.29) is 5.88 Å². The van der Waals surface area contributed by atoms with Crippen LogP contribution in [0.3, 0.4) is 0 Å². The Hall–Kier alpha value is -1.90. The highest BCUT2D eigenvalue weighted by molar-refractivity contribution is 5.35. The van der Waals surface area contributed by atoms with Gasteiger partial charge in [-0.15, -0.1) is 0 Å². The fourth-order valence-electron chi connectivity index (χ4n) is 1.56. The monoisotopic (exact) mass is 217 g/mol. The molecule has 1 aromatic heterocycles. The maximum Gasteiger partial charge on any atom is 0.221 e. The van der Waals surface area contributed by atoms with Crippen LogP contribution in [-0.2, 0) is 0 Å². The van der Waals surface area contributed by atoms with E-state index in [0.29, 0.717) is 5.75 Å². The first-order chi connectivity index (χ1) is 7.63. The number of ether oxygens (including phenoxy) is 1. The van der Waals surface area contributed by atoms with Crippen molar-refractivity contribution in [3.8, 4) is 11.6 Å². The van der Waals surface area contributed by atoms with Gasteiger partial charge in [0.25, 0.3) is 0 Å². The topological polar surface area (TPSA) is 22.1 Å². The van der Waals surface area contributed by atoms with Crippen molar-refractivity contribution in [1.82, 2.24) is 4.98 Å². The molecule has 0 spiro atoms. The van der Waals surface area contributed by atoms with Crippen LogP contribution in [0.15, 0.2) is 36.4 Å². The molecule has 0 saturated heterocycles. The van der Waals surface area contributed by atoms with Crippen molar-refractivity contribution < 1.29 is 9.13 Å². The number of halogens is 1. The lowest BCUT2D eigenvalue weighted by Gasteiger charge is -2.06. The highest BCUT2D eigenvalue weighted by atomic mass is 19.1. The molecule has 82 valence electrons. The number of aromatic nitrogens is 1. The normalized spacial score (nSPS) is 10.2. The minimum Gasteiger partial charge on any atom is -0.439 e. The molecule has 0 bridgehead atoms. The summed E-state index contributed by atoms with van der Waals surface area (Å²) >= 11 is 0. The zero-order chi connectivity index (χ0) is 11.5. The van der Waals surface area contributed by atoms with Gasteiger partial charge in [0, 0.05) is 6.07 Å². The van der Waals surface area contributed by atoms with E-state index in [0.717, 1.165) is 11.1 Å². The Morgan fingerprint density at radius 2 is 1.75 bits per heavy atom. The Balaban J connectivity index is 2.27. The molecule has 0 unspecified atom stereocenters. The lowest BCUT2D eigenvalue weighted by atomic mass is 10.1. The predicted octanol–water partition coefficient (Wildman–Crippen LogP) is 3.63. The van der Waals surface area contributed by atoms with Crippen LogP contribution in [0.2, 0.25) is 0 Å². The molecule has 0 radical (unpaired) electrons. The van der Waals surface area contributed by atoms with Crippen molar-refractivity contribution in [3.05, 3.63) is 53.5 Å². The number of benzene rings is 1. The zero-order valence-corrected chi connectivity index (χ0v) is 9.20. The van der Waals surface area contributed by atoms with Crippen LogP contribution >= 0.6 is 0 Å². The number of hydrogen-bond acceptors (Lipinski definition) is 2. The van der Waals surface area contributed by atoms with Crippen LogP contribution in [-0.4, -0.2) is 4.98 Å². The summed E-state index contributed by atoms with van der Waals surface area (Å²) in [6, 6.07) is 10.3. The lowest BCUT2D eigenvalue weighted by molar-refractivity contribution is 0.445. The molecular weight excluding hydrogens is 205 g/mol. The van der Waals surface area contributed by atoms with Gasteiger partial charge in [-0.1, -0.05) is 12.1 Å². The Bertz CT molecular complexity index is 491. The van der Waals surface area contributed by atoms with E-state index in [1.54, 1.807) is 12.1 Å². The predicted molar refractivity (Wildman–Crippen MR) is 60.2 cm³/mol. The summed E-state index contributed by atoms with van der Waals surface area (Å²) in [5.74, 6) is 0.405. The Morgan fingerprint density at radius 3 is 2.38 bits per heavy atom. The first-order valence-corrected chi connectivity index (χ1v) is 5.02. The molecule has 1 aromatic carbocycles. The molecular formula is C13H12FNO. The second-order valence-corrected chi connectivity index (χ2v) is 3.72. The number of aryl methyl sites for hydroxylation is 2. The van der Waals surface area contributed by atoms with E-state index in [9.17, 15) is 4.39 Å². The van der Waals surface area contributed by atoms with Crippen LogP contribution in [0, 0.1) is 19.8 Å². The van der Waals surface area contributed by atoms with Gasteiger partial charge in [0.2, 0.25) is 11.8 Å². The average Bonchev–Trinajstić information content (AvgIpc) is 2.15. The van der Waals surface area contributed by atoms with Gasteiger partial charge in [0.15, 0.2) is 0 Å². The van der Waals surface area contributed by atoms with Gasteiger partial charge in [-0.3, -0.25) is 0 Å². The first kappa shape index (κ1) is 10.6. The quantitative estimate of drug-likeness (QED) is 0.716. The van der Waals surface area contributed by atoms with Crippen molar-refractivity contribution in [1.29, 1.82) is 0 Å². The van der Waals surface area contributed by atoms with E-state index >= 15 is 0 Å². The second-order valence-electron chi connectivity index (χ2n) is 3.72. The molecule has 0 aliphatic heterocycles. The number of pyridine rings is 1. The first-order valence-electron chi connectivity index (χ1n) is 5.02. The summed E-state index contributed by atoms with van der Waals surface area (Å²) < 4.78 is 18.3. The van der Waals surface area contributed by atoms with E-state index < -0.39 is 5.95 Å². The smallest absolute Gasteiger partial charge is 0.221 e. The Labute approximate surface area is 93.7 Å². The molecule has 3 heteroatoms. The Kier molecular flexibility index (Phi) is 2.86. The molecule has 0 atom stereocenters. The van der Waals surface area contributed by atoms with Crippen LogP contribution in [0.1, 0.15) is 11.1 Å². The maximum atomic E-state index is 12.8. The molecule has 0 aliphatic carbocycles. The second kappa shape index (κ2) is 4.31. The van der Waals surface area contributed by atoms with E-state index in [1.807, 2.05) is 32.0 Å². The number of hydrogen-bond donors (Lipinski definition) is 0. The summed E-state index contributed by atoms with van der Waals surface area (Å²) in [5, 5.41) is 0. The van der Waals surface area contributed by atoms with Gasteiger partial charge in [-0.25, -0.2) is 0 Å². The molecule has 2 aromatic rings. The molecule has 0 fully saturated rings. The van der Waals surface area contributed by atoms with Gasteiger partial charge in [0.1, 0.15) is 5.75 Å². The minimum atomic E-state index is -0.540. The summed E-state index contributed by atoms with van der Waals surface area (Å²) in [6.07, 6.45) is 0. The van der Waals surface area contributed by atoms with Gasteiger partial charge >= 0.3 is 0 Å². The van der Waals surface area contributed by atoms with E-state index in [2.05, 4.69) is 4.98 Å². The maximum absolute atomic E-state index is 12.8. The van der Waals surface area contributed by atoms with Gasteiger partial charge in [-0.05, 0) is 43.2 Å². The summed E-state index contributed by atoms with van der Waals surface area (Å²) in [5.41, 5.74) is 2.21. The fraction of sp³-hybridized carbons (Fsp3) is 0.154. The van der Waals surface area contributed by atoms with Gasteiger partial charge in [-0.2, -0.15) is 9.37 Å². The highest BCUT2D eigenvalue weighted by Crippen LogP contribution is 2.22. The summed E-state index contributed by atoms with van der Waals surface area (Å²) in [4.78, 5) is 3.64. The van der Waals surface area contributed by atoms with E-state index in [4.69, 9.17) is 4.74 Å². The third-order valence-corrected chi connectivity index (χ3v) is 2.11. The van der Waals surface area contributed by atoms with Gasteiger partial charge in [0.05, 0.1) is 0 Å². The molecule has 2 rings (SSSR count). The van der Waals surface area contributed by atoms with Crippen LogP contribution in [0.25, 0.3) is 0 Å². The van der Waals surface area contributed by atoms with E-state index in [1.165, 1.54) is 6.07 Å². The van der Waals surface area contributed by atoms with Crippen LogP contribution in [0.5, 0.6) is 11.6 Å². The number of nitrogens with zero attached hydrogens (tertiary/aromatic N) is 1. The molecule has 16 heavy (non-hydrogen) atoms. The van der Waals surface area contributed by atoms with Crippen molar-refractivity contribution in [3.63, 3.8) is 0 Å². The molecule has 0 saturated carbocycles. The van der Waals surface area contributed by atoms with Crippen molar-refractivity contribution in [2.24, 2.45) is 0 Å². The zero-order valence-electron chi connectivity index (χ0n) is 9.20. The van der Waals surface area contributed by atoms with Crippen molar-refractivity contribution in [2.75, 3.05) is 0 Å². The fourth-order valence-corrected chi connectivity index (χ4v) is 1.56. The summed E-state index contributed by atoms with van der Waals surface area (Å²) in [6.45, 7) is 3.97. The molecule has 0 amide bonds. The lowest BCUT2D eigenvalue weighted by Crippen LogP contribution is -1.91. The van der Waals surface area contributed by atoms with Crippen LogP contribution in [0.4, 0.5) is 4.39 Å². The van der Waals surface area contributed by atoms with Crippen molar-refractivity contribution in [2.45, 2.75) is 13.8 Å². The molecule has 2 nitrogen and oxygen atoms in total. The molecule has 1 heterocycles. The SMILES string of the molecule is Cc1cc(C)cc(Oc2cccc(F)n2)c1. The average molecular weight is 217 g/mol. The van der Waals surface area contributed by atoms with Gasteiger partial charge < -0.3 is 4.74 Å². The standard InChI is InChI=1S/C13H12FNO/c1-9-6-10(2)8-11(7-9)16-13-5-3-4-12(14)15-13/h3-8H,1-2H3. The Morgan fingerprint density at radius 1 is 1.06 bits per heavy atom. The molecule has 0 N–H and O–H groups in total. The molecule has 0 aliphatic rings. The van der Waals surface area contributed by atoms with Crippen LogP contribution < -0.4 is 4.74 Å². The third kappa shape index (κ3) is 2.57. The highest BCUT2D eigenvalue weighted by Gasteiger charge is 2.01. The third-order valence-electron chi connectivity index (χ3n) is 2.11.